The maximum Gasteiger partial charge on any atom is 0.268 e. The Bertz CT molecular complexity index is 1130. The number of rotatable bonds is 3. The maximum atomic E-state index is 12.6. The Kier molecular flexibility index (Phi) is 5.97. The number of nitrogens with zero attached hydrogens (tertiary/aromatic N) is 2. The van der Waals surface area contributed by atoms with Crippen LogP contribution in [0.15, 0.2) is 21.4 Å². The fourth-order valence-electron chi connectivity index (χ4n) is 2.34. The molecule has 8 heteroatoms. The number of aromatic nitrogens is 1. The maximum absolute atomic E-state index is 12.6. The van der Waals surface area contributed by atoms with Gasteiger partial charge in [-0.2, -0.15) is 5.26 Å². The van der Waals surface area contributed by atoms with Crippen molar-refractivity contribution in [1.29, 1.82) is 5.26 Å². The van der Waals surface area contributed by atoms with Crippen LogP contribution in [0.5, 0.6) is 11.5 Å². The minimum atomic E-state index is -0.732. The van der Waals surface area contributed by atoms with Crippen LogP contribution in [0, 0.1) is 16.7 Å². The van der Waals surface area contributed by atoms with Gasteiger partial charge in [-0.1, -0.05) is 20.8 Å². The molecular weight excluding hydrogens is 432 g/mol. The van der Waals surface area contributed by atoms with Crippen LogP contribution in [0.4, 0.5) is 0 Å². The molecule has 0 bridgehead atoms. The largest absolute Gasteiger partial charge is 0.503 e. The number of phenols is 1. The zero-order valence-electron chi connectivity index (χ0n) is 15.6. The molecule has 0 atom stereocenters. The Hall–Kier alpha value is -2.37. The summed E-state index contributed by atoms with van der Waals surface area (Å²) < 4.78 is 7.53. The number of halogens is 1. The lowest BCUT2D eigenvalue weighted by Gasteiger charge is -2.15. The molecule has 0 spiro atoms. The third kappa shape index (κ3) is 4.15. The molecule has 0 aliphatic carbocycles. The van der Waals surface area contributed by atoms with Crippen LogP contribution in [0.1, 0.15) is 26.3 Å². The Morgan fingerprint density at radius 2 is 2.04 bits per heavy atom. The first-order valence-electron chi connectivity index (χ1n) is 7.94. The molecular formula is C19H19BrN2O4S. The number of ketones is 1. The van der Waals surface area contributed by atoms with Gasteiger partial charge in [0, 0.05) is 12.5 Å². The van der Waals surface area contributed by atoms with Crippen molar-refractivity contribution >= 4 is 44.7 Å². The van der Waals surface area contributed by atoms with Gasteiger partial charge >= 0.3 is 0 Å². The number of aromatic hydroxyl groups is 1. The number of Topliss-reactive ketones (excluding diaryl/α,β-unsaturated/α-hetero) is 1. The molecule has 0 aliphatic heterocycles. The molecule has 0 amide bonds. The molecule has 0 saturated heterocycles. The van der Waals surface area contributed by atoms with Crippen LogP contribution >= 0.6 is 27.3 Å². The number of thiazole rings is 1. The fourth-order valence-corrected chi connectivity index (χ4v) is 3.89. The highest BCUT2D eigenvalue weighted by Gasteiger charge is 2.27. The van der Waals surface area contributed by atoms with E-state index in [1.165, 1.54) is 18.7 Å². The average molecular weight is 451 g/mol. The Labute approximate surface area is 168 Å². The molecule has 6 nitrogen and oxygen atoms in total. The average Bonchev–Trinajstić information content (AvgIpc) is 2.86. The van der Waals surface area contributed by atoms with Crippen LogP contribution in [0.2, 0.25) is 0 Å². The molecule has 0 fully saturated rings. The van der Waals surface area contributed by atoms with E-state index in [9.17, 15) is 20.0 Å². The van der Waals surface area contributed by atoms with E-state index in [2.05, 4.69) is 15.9 Å². The first kappa shape index (κ1) is 20.9. The van der Waals surface area contributed by atoms with E-state index in [-0.39, 0.29) is 28.4 Å². The normalized spacial score (nSPS) is 13.3. The van der Waals surface area contributed by atoms with Crippen LogP contribution in [-0.2, 0) is 11.8 Å². The summed E-state index contributed by atoms with van der Waals surface area (Å²) in [4.78, 5) is 25.2. The zero-order chi connectivity index (χ0) is 20.5. The summed E-state index contributed by atoms with van der Waals surface area (Å²) in [5, 5.41) is 19.4. The smallest absolute Gasteiger partial charge is 0.268 e. The second-order valence-corrected chi connectivity index (χ2v) is 8.78. The van der Waals surface area contributed by atoms with Gasteiger partial charge in [-0.05, 0) is 39.7 Å². The first-order chi connectivity index (χ1) is 12.5. The second-order valence-electron chi connectivity index (χ2n) is 6.90. The molecule has 0 aliphatic rings. The van der Waals surface area contributed by atoms with Gasteiger partial charge in [-0.15, -0.1) is 11.3 Å². The van der Waals surface area contributed by atoms with Gasteiger partial charge in [-0.3, -0.25) is 9.59 Å². The molecule has 2 rings (SSSR count). The number of carbonyl (C=O) groups is 1. The van der Waals surface area contributed by atoms with Gasteiger partial charge in [0.2, 0.25) is 0 Å². The molecule has 27 heavy (non-hydrogen) atoms. The number of nitriles is 1. The summed E-state index contributed by atoms with van der Waals surface area (Å²) in [6.45, 7) is 5.18. The van der Waals surface area contributed by atoms with E-state index in [1.54, 1.807) is 39.0 Å². The number of hydrogen-bond acceptors (Lipinski definition) is 6. The minimum absolute atomic E-state index is 0.0313. The Balaban J connectivity index is 2.79. The highest BCUT2D eigenvalue weighted by atomic mass is 79.9. The van der Waals surface area contributed by atoms with E-state index < -0.39 is 5.41 Å². The van der Waals surface area contributed by atoms with Gasteiger partial charge < -0.3 is 14.4 Å². The Morgan fingerprint density at radius 3 is 2.56 bits per heavy atom. The summed E-state index contributed by atoms with van der Waals surface area (Å²) in [5.74, 6) is -0.0934. The number of carbonyl (C=O) groups excluding carboxylic acids is 1. The fraction of sp³-hybridized carbons (Fsp3) is 0.316. The molecule has 142 valence electrons. The van der Waals surface area contributed by atoms with Crippen molar-refractivity contribution in [2.24, 2.45) is 12.5 Å². The standard InChI is InChI=1S/C19H19BrN2O4S/c1-19(2,3)16(24)11(9-21)18-22(4)17(25)14(27-18)8-10-6-12(20)15(23)13(7-10)26-5/h6-8,23H,1-5H3. The molecule has 1 heterocycles. The highest BCUT2D eigenvalue weighted by Crippen LogP contribution is 2.35. The van der Waals surface area contributed by atoms with E-state index in [0.29, 0.717) is 19.2 Å². The monoisotopic (exact) mass is 450 g/mol. The number of phenolic OH excluding ortho intramolecular Hbond substituents is 1. The van der Waals surface area contributed by atoms with Crippen LogP contribution in [0.25, 0.3) is 11.6 Å². The summed E-state index contributed by atoms with van der Waals surface area (Å²) in [6.07, 6.45) is 1.62. The van der Waals surface area contributed by atoms with Crippen LogP contribution < -0.4 is 19.5 Å². The van der Waals surface area contributed by atoms with E-state index in [1.807, 2.05) is 6.07 Å². The lowest BCUT2D eigenvalue weighted by atomic mass is 9.87. The van der Waals surface area contributed by atoms with Gasteiger partial charge in [0.05, 0.1) is 16.1 Å². The van der Waals surface area contributed by atoms with Crippen molar-refractivity contribution in [3.05, 3.63) is 41.7 Å². The summed E-state index contributed by atoms with van der Waals surface area (Å²) in [6, 6.07) is 5.18. The van der Waals surface area contributed by atoms with Gasteiger partial charge in [-0.25, -0.2) is 0 Å². The summed E-state index contributed by atoms with van der Waals surface area (Å²) in [5.41, 5.74) is -0.448. The third-order valence-electron chi connectivity index (χ3n) is 3.83. The molecule has 0 radical (unpaired) electrons. The van der Waals surface area contributed by atoms with Gasteiger partial charge in [0.25, 0.3) is 5.56 Å². The van der Waals surface area contributed by atoms with Crippen molar-refractivity contribution in [2.45, 2.75) is 20.8 Å². The predicted octanol–water partition coefficient (Wildman–Crippen LogP) is 2.04. The topological polar surface area (TPSA) is 92.3 Å². The SMILES string of the molecule is COc1cc(C=c2sc(=C(C#N)C(=O)C(C)(C)C)n(C)c2=O)cc(Br)c1O. The number of ether oxygens (including phenoxy) is 1. The number of hydrogen-bond donors (Lipinski definition) is 1. The lowest BCUT2D eigenvalue weighted by Crippen LogP contribution is -2.32. The first-order valence-corrected chi connectivity index (χ1v) is 9.55. The summed E-state index contributed by atoms with van der Waals surface area (Å²) in [7, 11) is 2.96. The van der Waals surface area contributed by atoms with E-state index in [0.717, 1.165) is 11.3 Å². The van der Waals surface area contributed by atoms with Crippen molar-refractivity contribution in [3.63, 3.8) is 0 Å². The second kappa shape index (κ2) is 7.71. The quantitative estimate of drug-likeness (QED) is 0.771. The van der Waals surface area contributed by atoms with Crippen LogP contribution in [0.3, 0.4) is 0 Å². The highest BCUT2D eigenvalue weighted by molar-refractivity contribution is 9.10. The molecule has 2 aromatic rings. The Morgan fingerprint density at radius 1 is 1.41 bits per heavy atom. The minimum Gasteiger partial charge on any atom is -0.503 e. The molecule has 0 unspecified atom stereocenters. The lowest BCUT2D eigenvalue weighted by molar-refractivity contribution is -0.120. The summed E-state index contributed by atoms with van der Waals surface area (Å²) >= 11 is 4.32. The van der Waals surface area contributed by atoms with Gasteiger partial charge in [0.1, 0.15) is 16.3 Å². The van der Waals surface area contributed by atoms with Gasteiger partial charge in [0.15, 0.2) is 17.3 Å². The van der Waals surface area contributed by atoms with Crippen molar-refractivity contribution in [1.82, 2.24) is 4.57 Å². The van der Waals surface area contributed by atoms with Crippen molar-refractivity contribution in [3.8, 4) is 17.6 Å². The number of methoxy groups -OCH3 is 1. The van der Waals surface area contributed by atoms with E-state index >= 15 is 0 Å². The van der Waals surface area contributed by atoms with E-state index in [4.69, 9.17) is 4.74 Å². The predicted molar refractivity (Wildman–Crippen MR) is 108 cm³/mol. The molecule has 0 saturated carbocycles. The van der Waals surface area contributed by atoms with Crippen LogP contribution in [-0.4, -0.2) is 22.6 Å². The van der Waals surface area contributed by atoms with Crippen molar-refractivity contribution in [2.75, 3.05) is 7.11 Å². The number of benzene rings is 1. The molecule has 1 aromatic heterocycles. The molecule has 1 N–H and O–H groups in total. The van der Waals surface area contributed by atoms with Crippen molar-refractivity contribution < 1.29 is 14.6 Å². The zero-order valence-corrected chi connectivity index (χ0v) is 18.0. The molecule has 1 aromatic carbocycles. The third-order valence-corrected chi connectivity index (χ3v) is 5.62.